The van der Waals surface area contributed by atoms with Crippen LogP contribution in [0.5, 0.6) is 0 Å². The number of carboxylic acid groups (broad SMARTS) is 1. The number of carboxylic acids is 1. The minimum Gasteiger partial charge on any atom is -0.473 e. The first-order valence-electron chi connectivity index (χ1n) is 3.86. The van der Waals surface area contributed by atoms with Crippen molar-refractivity contribution in [2.24, 2.45) is 0 Å². The molecular formula is C9H12NO2+. The fourth-order valence-corrected chi connectivity index (χ4v) is 1.09. The lowest BCUT2D eigenvalue weighted by Crippen LogP contribution is -2.41. The van der Waals surface area contributed by atoms with E-state index < -0.39 is 5.97 Å². The lowest BCUT2D eigenvalue weighted by Gasteiger charge is -2.01. The third-order valence-corrected chi connectivity index (χ3v) is 1.67. The second-order valence-corrected chi connectivity index (χ2v) is 2.89. The summed E-state index contributed by atoms with van der Waals surface area (Å²) in [6, 6.07) is 5.33. The van der Waals surface area contributed by atoms with Gasteiger partial charge < -0.3 is 5.11 Å². The van der Waals surface area contributed by atoms with E-state index >= 15 is 0 Å². The third-order valence-electron chi connectivity index (χ3n) is 1.67. The summed E-state index contributed by atoms with van der Waals surface area (Å²) in [6.07, 6.45) is 1.77. The molecule has 0 aliphatic heterocycles. The summed E-state index contributed by atoms with van der Waals surface area (Å²) in [4.78, 5) is 10.7. The van der Waals surface area contributed by atoms with Gasteiger partial charge in [0.15, 0.2) is 12.2 Å². The largest absolute Gasteiger partial charge is 0.473 e. The fraction of sp³-hybridized carbons (Fsp3) is 0.333. The van der Waals surface area contributed by atoms with Gasteiger partial charge in [0.25, 0.3) is 5.69 Å². The van der Waals surface area contributed by atoms with Crippen LogP contribution in [0.3, 0.4) is 0 Å². The average Bonchev–Trinajstić information content (AvgIpc) is 2.04. The molecule has 0 unspecified atom stereocenters. The smallest absolute Gasteiger partial charge is 0.401 e. The topological polar surface area (TPSA) is 41.2 Å². The molecule has 0 aromatic carbocycles. The molecule has 1 aromatic rings. The molecule has 0 spiro atoms. The molecule has 0 radical (unpaired) electrons. The van der Waals surface area contributed by atoms with E-state index in [1.54, 1.807) is 22.9 Å². The van der Waals surface area contributed by atoms with Crippen molar-refractivity contribution in [3.63, 3.8) is 0 Å². The maximum Gasteiger partial charge on any atom is 0.401 e. The summed E-state index contributed by atoms with van der Waals surface area (Å²) in [6.45, 7) is 3.90. The highest BCUT2D eigenvalue weighted by atomic mass is 16.4. The lowest BCUT2D eigenvalue weighted by atomic mass is 10.3. The van der Waals surface area contributed by atoms with Crippen LogP contribution in [0.15, 0.2) is 24.4 Å². The van der Waals surface area contributed by atoms with Gasteiger partial charge in [-0.25, -0.2) is 4.79 Å². The van der Waals surface area contributed by atoms with E-state index in [1.165, 1.54) is 0 Å². The number of hydrogen-bond donors (Lipinski definition) is 1. The zero-order valence-corrected chi connectivity index (χ0v) is 7.19. The SMILES string of the molecule is CC(C)[n+]1ccccc1C(=O)O. The van der Waals surface area contributed by atoms with Gasteiger partial charge in [0.1, 0.15) is 0 Å². The van der Waals surface area contributed by atoms with Crippen molar-refractivity contribution in [1.29, 1.82) is 0 Å². The molecule has 3 heteroatoms. The van der Waals surface area contributed by atoms with Crippen LogP contribution in [0, 0.1) is 0 Å². The van der Waals surface area contributed by atoms with Crippen LogP contribution in [0.1, 0.15) is 30.4 Å². The number of carbonyl (C=O) groups is 1. The third kappa shape index (κ3) is 1.61. The number of rotatable bonds is 2. The van der Waals surface area contributed by atoms with Crippen LogP contribution in [-0.2, 0) is 0 Å². The highest BCUT2D eigenvalue weighted by Crippen LogP contribution is 1.97. The van der Waals surface area contributed by atoms with Gasteiger partial charge in [-0.3, -0.25) is 0 Å². The summed E-state index contributed by atoms with van der Waals surface area (Å²) in [7, 11) is 0. The van der Waals surface area contributed by atoms with Crippen molar-refractivity contribution in [3.8, 4) is 0 Å². The molecule has 1 rings (SSSR count). The molecule has 0 saturated carbocycles. The van der Waals surface area contributed by atoms with Crippen molar-refractivity contribution < 1.29 is 14.5 Å². The van der Waals surface area contributed by atoms with Crippen molar-refractivity contribution in [1.82, 2.24) is 0 Å². The van der Waals surface area contributed by atoms with E-state index in [2.05, 4.69) is 0 Å². The van der Waals surface area contributed by atoms with Crippen LogP contribution in [-0.4, -0.2) is 11.1 Å². The zero-order chi connectivity index (χ0) is 9.14. The number of aromatic carboxylic acids is 1. The Hall–Kier alpha value is -1.38. The lowest BCUT2D eigenvalue weighted by molar-refractivity contribution is -0.718. The van der Waals surface area contributed by atoms with E-state index in [1.807, 2.05) is 19.9 Å². The van der Waals surface area contributed by atoms with Crippen LogP contribution in [0.25, 0.3) is 0 Å². The first-order chi connectivity index (χ1) is 5.63. The summed E-state index contributed by atoms with van der Waals surface area (Å²) in [5, 5.41) is 8.79. The summed E-state index contributed by atoms with van der Waals surface area (Å²) in [5.74, 6) is -0.885. The van der Waals surface area contributed by atoms with E-state index in [0.29, 0.717) is 5.69 Å². The minimum absolute atomic E-state index is 0.178. The Bertz CT molecular complexity index is 294. The second kappa shape index (κ2) is 3.34. The molecule has 0 fully saturated rings. The zero-order valence-electron chi connectivity index (χ0n) is 7.19. The second-order valence-electron chi connectivity index (χ2n) is 2.89. The average molecular weight is 166 g/mol. The highest BCUT2D eigenvalue weighted by molar-refractivity contribution is 5.83. The predicted octanol–water partition coefficient (Wildman–Crippen LogP) is 1.25. The number of nitrogens with zero attached hydrogens (tertiary/aromatic N) is 1. The number of pyridine rings is 1. The Morgan fingerprint density at radius 1 is 1.50 bits per heavy atom. The van der Waals surface area contributed by atoms with Gasteiger partial charge in [-0.05, 0) is 19.9 Å². The Morgan fingerprint density at radius 3 is 2.58 bits per heavy atom. The molecule has 1 aromatic heterocycles. The monoisotopic (exact) mass is 166 g/mol. The van der Waals surface area contributed by atoms with Gasteiger partial charge in [0.05, 0.1) is 0 Å². The van der Waals surface area contributed by atoms with Gasteiger partial charge in [0.2, 0.25) is 0 Å². The van der Waals surface area contributed by atoms with Gasteiger partial charge in [-0.1, -0.05) is 0 Å². The molecule has 1 N–H and O–H groups in total. The molecule has 0 atom stereocenters. The van der Waals surface area contributed by atoms with E-state index in [4.69, 9.17) is 5.11 Å². The summed E-state index contributed by atoms with van der Waals surface area (Å²) < 4.78 is 1.72. The predicted molar refractivity (Wildman–Crippen MR) is 44.0 cm³/mol. The van der Waals surface area contributed by atoms with E-state index in [-0.39, 0.29) is 6.04 Å². The van der Waals surface area contributed by atoms with Crippen molar-refractivity contribution in [2.45, 2.75) is 19.9 Å². The first-order valence-corrected chi connectivity index (χ1v) is 3.86. The molecular weight excluding hydrogens is 154 g/mol. The molecule has 12 heavy (non-hydrogen) atoms. The standard InChI is InChI=1S/C9H11NO2/c1-7(2)10-6-4-3-5-8(10)9(11)12/h3-7H,1-2H3/p+1. The van der Waals surface area contributed by atoms with Crippen molar-refractivity contribution in [2.75, 3.05) is 0 Å². The molecule has 0 saturated heterocycles. The van der Waals surface area contributed by atoms with Crippen LogP contribution in [0.2, 0.25) is 0 Å². The van der Waals surface area contributed by atoms with Crippen LogP contribution in [0.4, 0.5) is 0 Å². The van der Waals surface area contributed by atoms with E-state index in [0.717, 1.165) is 0 Å². The first kappa shape index (κ1) is 8.71. The normalized spacial score (nSPS) is 10.2. The van der Waals surface area contributed by atoms with Gasteiger partial charge >= 0.3 is 5.97 Å². The number of aromatic nitrogens is 1. The summed E-state index contributed by atoms with van der Waals surface area (Å²) >= 11 is 0. The van der Waals surface area contributed by atoms with Gasteiger partial charge in [0, 0.05) is 12.1 Å². The number of hydrogen-bond acceptors (Lipinski definition) is 1. The van der Waals surface area contributed by atoms with E-state index in [9.17, 15) is 4.79 Å². The Labute approximate surface area is 71.3 Å². The molecule has 1 heterocycles. The van der Waals surface area contributed by atoms with Crippen molar-refractivity contribution >= 4 is 5.97 Å². The summed E-state index contributed by atoms with van der Waals surface area (Å²) in [5.41, 5.74) is 0.326. The molecule has 0 amide bonds. The molecule has 64 valence electrons. The quantitative estimate of drug-likeness (QED) is 0.672. The molecule has 0 aliphatic rings. The fourth-order valence-electron chi connectivity index (χ4n) is 1.09. The maximum absolute atomic E-state index is 10.7. The van der Waals surface area contributed by atoms with Crippen LogP contribution < -0.4 is 4.57 Å². The Morgan fingerprint density at radius 2 is 2.17 bits per heavy atom. The van der Waals surface area contributed by atoms with Crippen molar-refractivity contribution in [3.05, 3.63) is 30.1 Å². The Balaban J connectivity index is 3.17. The van der Waals surface area contributed by atoms with Gasteiger partial charge in [-0.2, -0.15) is 4.57 Å². The molecule has 0 bridgehead atoms. The maximum atomic E-state index is 10.7. The molecule has 0 aliphatic carbocycles. The van der Waals surface area contributed by atoms with Crippen LogP contribution >= 0.6 is 0 Å². The Kier molecular flexibility index (Phi) is 2.43. The molecule has 3 nitrogen and oxygen atoms in total. The van der Waals surface area contributed by atoms with Gasteiger partial charge in [-0.15, -0.1) is 0 Å². The highest BCUT2D eigenvalue weighted by Gasteiger charge is 2.18. The minimum atomic E-state index is -0.885.